The number of aliphatic hydroxyl groups is 1. The first-order chi connectivity index (χ1) is 22.8. The summed E-state index contributed by atoms with van der Waals surface area (Å²) in [7, 11) is 0. The van der Waals surface area contributed by atoms with Gasteiger partial charge in [-0.25, -0.2) is 0 Å². The molecule has 0 radical (unpaired) electrons. The number of carbonyl (C=O) groups excluding carboxylic acids is 4. The number of ether oxygens (including phenoxy) is 7. The van der Waals surface area contributed by atoms with E-state index in [1.54, 1.807) is 0 Å². The van der Waals surface area contributed by atoms with Gasteiger partial charge in [-0.1, -0.05) is 34.1 Å². The van der Waals surface area contributed by atoms with Gasteiger partial charge in [0.05, 0.1) is 56.9 Å². The maximum Gasteiger partial charge on any atom is 0.313 e. The van der Waals surface area contributed by atoms with Crippen LogP contribution in [0.2, 0.25) is 0 Å². The van der Waals surface area contributed by atoms with E-state index in [0.717, 1.165) is 19.3 Å². The van der Waals surface area contributed by atoms with Crippen LogP contribution in [0.4, 0.5) is 0 Å². The fourth-order valence-electron chi connectivity index (χ4n) is 11.4. The predicted octanol–water partition coefficient (Wildman–Crippen LogP) is 2.96. The number of hydrogen-bond donors (Lipinski definition) is 1. The Hall–Kier alpha value is -2.28. The molecule has 12 unspecified atom stereocenters. The highest BCUT2D eigenvalue weighted by atomic mass is 16.6. The SMILES string of the molecule is CC(=O)OCC1COCCOC(=O)C(C)C2CC3(CCC(C)C)C4C(=O)OCC(CO1)OCC(CO)COC(=O)C4(C)C1(C)C4CC2C431. The summed E-state index contributed by atoms with van der Waals surface area (Å²) in [6.45, 7) is 11.5. The Morgan fingerprint density at radius 1 is 0.979 bits per heavy atom. The molecule has 6 rings (SSSR count). The van der Waals surface area contributed by atoms with Gasteiger partial charge in [-0.05, 0) is 66.1 Å². The zero-order valence-corrected chi connectivity index (χ0v) is 29.3. The molecule has 48 heavy (non-hydrogen) atoms. The molecular weight excluding hydrogens is 624 g/mol. The Kier molecular flexibility index (Phi) is 9.71. The third-order valence-electron chi connectivity index (χ3n) is 13.5. The maximum atomic E-state index is 14.7. The molecule has 6 fully saturated rings. The molecule has 0 aromatic carbocycles. The van der Waals surface area contributed by atoms with Crippen LogP contribution in [0.5, 0.6) is 0 Å². The van der Waals surface area contributed by atoms with Crippen molar-refractivity contribution in [1.29, 1.82) is 0 Å². The van der Waals surface area contributed by atoms with Crippen molar-refractivity contribution in [2.45, 2.75) is 79.4 Å². The Morgan fingerprint density at radius 3 is 2.46 bits per heavy atom. The van der Waals surface area contributed by atoms with Gasteiger partial charge >= 0.3 is 23.9 Å². The normalized spacial score (nSPS) is 46.0. The van der Waals surface area contributed by atoms with E-state index in [4.69, 9.17) is 33.2 Å². The quantitative estimate of drug-likeness (QED) is 0.325. The van der Waals surface area contributed by atoms with E-state index < -0.39 is 64.1 Å². The average molecular weight is 679 g/mol. The van der Waals surface area contributed by atoms with E-state index in [0.29, 0.717) is 12.3 Å². The molecule has 12 nitrogen and oxygen atoms in total. The maximum absolute atomic E-state index is 14.7. The van der Waals surface area contributed by atoms with Gasteiger partial charge in [0.2, 0.25) is 0 Å². The molecule has 0 aromatic heterocycles. The van der Waals surface area contributed by atoms with Crippen molar-refractivity contribution in [3.05, 3.63) is 0 Å². The highest BCUT2D eigenvalue weighted by Crippen LogP contribution is 3.03. The Bertz CT molecular complexity index is 1270. The van der Waals surface area contributed by atoms with Gasteiger partial charge in [-0.3, -0.25) is 19.2 Å². The van der Waals surface area contributed by atoms with Crippen LogP contribution < -0.4 is 0 Å². The topological polar surface area (TPSA) is 153 Å². The number of rotatable bonds is 6. The van der Waals surface area contributed by atoms with Crippen molar-refractivity contribution < 1.29 is 57.4 Å². The molecule has 4 aliphatic carbocycles. The first-order valence-electron chi connectivity index (χ1n) is 17.8. The van der Waals surface area contributed by atoms with E-state index in [2.05, 4.69) is 20.8 Å². The highest BCUT2D eigenvalue weighted by Gasteiger charge is 3.03. The van der Waals surface area contributed by atoms with Crippen LogP contribution in [0.15, 0.2) is 0 Å². The minimum atomic E-state index is -1.16. The third-order valence-corrected chi connectivity index (χ3v) is 13.5. The van der Waals surface area contributed by atoms with Crippen molar-refractivity contribution in [2.75, 3.05) is 59.5 Å². The van der Waals surface area contributed by atoms with Crippen molar-refractivity contribution in [2.24, 2.45) is 63.1 Å². The fraction of sp³-hybridized carbons (Fsp3) is 0.889. The van der Waals surface area contributed by atoms with Gasteiger partial charge in [-0.15, -0.1) is 0 Å². The number of carbonyl (C=O) groups is 4. The summed E-state index contributed by atoms with van der Waals surface area (Å²) < 4.78 is 41.1. The van der Waals surface area contributed by atoms with Crippen LogP contribution in [0.3, 0.4) is 0 Å². The van der Waals surface area contributed by atoms with Crippen LogP contribution in [0.1, 0.15) is 67.2 Å². The van der Waals surface area contributed by atoms with E-state index in [9.17, 15) is 24.3 Å². The van der Waals surface area contributed by atoms with Crippen LogP contribution in [0.25, 0.3) is 0 Å². The summed E-state index contributed by atoms with van der Waals surface area (Å²) in [5.74, 6) is -2.56. The lowest BCUT2D eigenvalue weighted by Crippen LogP contribution is -2.53. The molecular formula is C36H54O12. The predicted molar refractivity (Wildman–Crippen MR) is 168 cm³/mol. The lowest BCUT2D eigenvalue weighted by Gasteiger charge is -2.48. The van der Waals surface area contributed by atoms with Crippen molar-refractivity contribution in [3.8, 4) is 0 Å². The van der Waals surface area contributed by atoms with Gasteiger partial charge in [0, 0.05) is 12.8 Å². The molecule has 6 aliphatic rings. The third kappa shape index (κ3) is 5.13. The van der Waals surface area contributed by atoms with Gasteiger partial charge < -0.3 is 38.3 Å². The number of hydrogen-bond acceptors (Lipinski definition) is 12. The molecule has 4 saturated carbocycles. The molecule has 1 N–H and O–H groups in total. The molecule has 4 bridgehead atoms. The molecule has 12 atom stereocenters. The van der Waals surface area contributed by atoms with Crippen LogP contribution in [-0.2, 0) is 52.3 Å². The number of cyclic esters (lactones) is 2. The Balaban J connectivity index is 1.41. The molecule has 2 saturated heterocycles. The van der Waals surface area contributed by atoms with Crippen molar-refractivity contribution in [1.82, 2.24) is 0 Å². The first-order valence-corrected chi connectivity index (χ1v) is 17.8. The largest absolute Gasteiger partial charge is 0.465 e. The second-order valence-electron chi connectivity index (χ2n) is 16.1. The molecule has 2 heterocycles. The Labute approximate surface area is 283 Å². The zero-order chi connectivity index (χ0) is 34.6. The highest BCUT2D eigenvalue weighted by molar-refractivity contribution is 5.90. The average Bonchev–Trinajstić information content (AvgIpc) is 3.26. The molecule has 2 aliphatic heterocycles. The summed E-state index contributed by atoms with van der Waals surface area (Å²) >= 11 is 0. The van der Waals surface area contributed by atoms with Crippen LogP contribution >= 0.6 is 0 Å². The molecule has 1 spiro atoms. The van der Waals surface area contributed by atoms with Gasteiger partial charge in [0.25, 0.3) is 0 Å². The van der Waals surface area contributed by atoms with Gasteiger partial charge in [0.1, 0.15) is 32.0 Å². The minimum absolute atomic E-state index is 0.00588. The smallest absolute Gasteiger partial charge is 0.313 e. The fourth-order valence-corrected chi connectivity index (χ4v) is 11.4. The summed E-state index contributed by atoms with van der Waals surface area (Å²) in [6.07, 6.45) is 1.76. The van der Waals surface area contributed by atoms with Crippen molar-refractivity contribution in [3.63, 3.8) is 0 Å². The number of fused-ring (bicyclic) bond motifs is 7. The van der Waals surface area contributed by atoms with Crippen molar-refractivity contribution >= 4 is 23.9 Å². The summed E-state index contributed by atoms with van der Waals surface area (Å²) in [4.78, 5) is 54.3. The van der Waals surface area contributed by atoms with Gasteiger partial charge in [-0.2, -0.15) is 0 Å². The summed E-state index contributed by atoms with van der Waals surface area (Å²) in [5, 5.41) is 10.2. The zero-order valence-electron chi connectivity index (χ0n) is 29.3. The standard InChI is InChI=1S/C36H54O12/c1-20(2)7-8-35-12-26-21(3)30(39)43-10-9-42-16-24(17-44-22(4)38)46-18-25-19-47-31(40)29(35)33(5,32(41)48-15-23(13-37)14-45-25)34(6)28-11-27(26)36(28,34)35/h20-21,23-29,37H,7-19H2,1-6H3. The number of aliphatic hydroxyl groups excluding tert-OH is 1. The number of esters is 4. The molecule has 270 valence electrons. The first kappa shape index (κ1) is 35.5. The second kappa shape index (κ2) is 13.1. The van der Waals surface area contributed by atoms with Crippen LogP contribution in [0, 0.1) is 63.1 Å². The summed E-state index contributed by atoms with van der Waals surface area (Å²) in [6, 6.07) is 0. The minimum Gasteiger partial charge on any atom is -0.465 e. The second-order valence-corrected chi connectivity index (χ2v) is 16.1. The van der Waals surface area contributed by atoms with Gasteiger partial charge in [0.15, 0.2) is 0 Å². The monoisotopic (exact) mass is 678 g/mol. The summed E-state index contributed by atoms with van der Waals surface area (Å²) in [5.41, 5.74) is -2.54. The lowest BCUT2D eigenvalue weighted by atomic mass is 9.54. The lowest BCUT2D eigenvalue weighted by molar-refractivity contribution is -0.187. The molecule has 12 heteroatoms. The van der Waals surface area contributed by atoms with Crippen LogP contribution in [-0.4, -0.2) is 101 Å². The van der Waals surface area contributed by atoms with E-state index in [-0.39, 0.29) is 88.6 Å². The molecule has 0 aromatic rings. The van der Waals surface area contributed by atoms with E-state index in [1.165, 1.54) is 6.92 Å². The van der Waals surface area contributed by atoms with E-state index >= 15 is 0 Å². The van der Waals surface area contributed by atoms with E-state index in [1.807, 2.05) is 13.8 Å². The molecule has 0 amide bonds. The Morgan fingerprint density at radius 2 is 1.75 bits per heavy atom.